The first kappa shape index (κ1) is 15.0. The summed E-state index contributed by atoms with van der Waals surface area (Å²) in [6, 6.07) is 1.41. The smallest absolute Gasteiger partial charge is 0.356 e. The van der Waals surface area contributed by atoms with Crippen molar-refractivity contribution in [3.63, 3.8) is 0 Å². The summed E-state index contributed by atoms with van der Waals surface area (Å²) < 4.78 is 15.3. The normalized spacial score (nSPS) is 15.9. The van der Waals surface area contributed by atoms with E-state index in [1.165, 1.54) is 13.2 Å². The van der Waals surface area contributed by atoms with Crippen LogP contribution in [0.1, 0.15) is 10.5 Å². The number of methoxy groups -OCH3 is 1. The molecular weight excluding hydrogens is 286 g/mol. The summed E-state index contributed by atoms with van der Waals surface area (Å²) in [5.74, 6) is -0.314. The van der Waals surface area contributed by atoms with Crippen molar-refractivity contribution in [2.75, 3.05) is 46.6 Å². The summed E-state index contributed by atoms with van der Waals surface area (Å²) in [6.07, 6.45) is 0. The number of hydrogen-bond donors (Lipinski definition) is 0. The topological polar surface area (TPSA) is 73.8 Å². The van der Waals surface area contributed by atoms with Crippen LogP contribution in [0.25, 0.3) is 0 Å². The zero-order valence-electron chi connectivity index (χ0n) is 11.2. The number of esters is 1. The van der Waals surface area contributed by atoms with Crippen LogP contribution < -0.4 is 4.74 Å². The average molecular weight is 302 g/mol. The number of hydrogen-bond acceptors (Lipinski definition) is 7. The number of aromatic nitrogens is 2. The highest BCUT2D eigenvalue weighted by Gasteiger charge is 2.13. The molecule has 0 aromatic carbocycles. The molecule has 0 amide bonds. The Bertz CT molecular complexity index is 466. The third kappa shape index (κ3) is 4.29. The van der Waals surface area contributed by atoms with Gasteiger partial charge in [0.05, 0.1) is 20.3 Å². The standard InChI is InChI=1S/C12H16ClN3O4/c1-18-11(17)9-8-10(15-12(13)14-9)20-7-4-16-2-5-19-6-3-16/h8H,2-7H2,1H3. The van der Waals surface area contributed by atoms with Gasteiger partial charge in [-0.15, -0.1) is 0 Å². The van der Waals surface area contributed by atoms with Gasteiger partial charge in [-0.3, -0.25) is 4.90 Å². The van der Waals surface area contributed by atoms with Crippen LogP contribution in [0.4, 0.5) is 0 Å². The summed E-state index contributed by atoms with van der Waals surface area (Å²) in [5.41, 5.74) is 0.0777. The van der Waals surface area contributed by atoms with Crippen LogP contribution in [-0.4, -0.2) is 67.4 Å². The van der Waals surface area contributed by atoms with Gasteiger partial charge >= 0.3 is 5.97 Å². The highest BCUT2D eigenvalue weighted by atomic mass is 35.5. The molecule has 7 nitrogen and oxygen atoms in total. The largest absolute Gasteiger partial charge is 0.476 e. The SMILES string of the molecule is COC(=O)c1cc(OCCN2CCOCC2)nc(Cl)n1. The predicted octanol–water partition coefficient (Wildman–Crippen LogP) is 0.628. The molecule has 110 valence electrons. The summed E-state index contributed by atoms with van der Waals surface area (Å²) >= 11 is 5.74. The molecule has 0 aliphatic carbocycles. The van der Waals surface area contributed by atoms with Gasteiger partial charge in [0.15, 0.2) is 5.69 Å². The molecular formula is C12H16ClN3O4. The summed E-state index contributed by atoms with van der Waals surface area (Å²) in [7, 11) is 1.28. The van der Waals surface area contributed by atoms with Crippen molar-refractivity contribution >= 4 is 17.6 Å². The lowest BCUT2D eigenvalue weighted by atomic mass is 10.4. The first-order chi connectivity index (χ1) is 9.69. The molecule has 0 radical (unpaired) electrons. The summed E-state index contributed by atoms with van der Waals surface area (Å²) in [4.78, 5) is 21.3. The fourth-order valence-corrected chi connectivity index (χ4v) is 1.96. The van der Waals surface area contributed by atoms with E-state index in [9.17, 15) is 4.79 Å². The minimum absolute atomic E-state index is 0.0470. The molecule has 2 heterocycles. The lowest BCUT2D eigenvalue weighted by Gasteiger charge is -2.26. The second-order valence-electron chi connectivity index (χ2n) is 4.15. The molecule has 1 aliphatic heterocycles. The predicted molar refractivity (Wildman–Crippen MR) is 71.1 cm³/mol. The van der Waals surface area contributed by atoms with Gasteiger partial charge in [0.1, 0.15) is 6.61 Å². The van der Waals surface area contributed by atoms with Gasteiger partial charge in [0.25, 0.3) is 0 Å². The number of halogens is 1. The van der Waals surface area contributed by atoms with Crippen molar-refractivity contribution in [2.45, 2.75) is 0 Å². The summed E-state index contributed by atoms with van der Waals surface area (Å²) in [6.45, 7) is 4.48. The lowest BCUT2D eigenvalue weighted by molar-refractivity contribution is 0.0319. The number of rotatable bonds is 5. The molecule has 1 aliphatic rings. The number of morpholine rings is 1. The Morgan fingerprint density at radius 2 is 2.20 bits per heavy atom. The number of nitrogens with zero attached hydrogens (tertiary/aromatic N) is 3. The molecule has 0 unspecified atom stereocenters. The molecule has 0 N–H and O–H groups in total. The average Bonchev–Trinajstić information content (AvgIpc) is 2.47. The maximum absolute atomic E-state index is 11.4. The van der Waals surface area contributed by atoms with E-state index in [2.05, 4.69) is 19.6 Å². The fourth-order valence-electron chi connectivity index (χ4n) is 1.78. The van der Waals surface area contributed by atoms with E-state index in [1.54, 1.807) is 0 Å². The zero-order chi connectivity index (χ0) is 14.4. The first-order valence-electron chi connectivity index (χ1n) is 6.25. The van der Waals surface area contributed by atoms with Crippen LogP contribution in [0.15, 0.2) is 6.07 Å². The van der Waals surface area contributed by atoms with Gasteiger partial charge in [-0.2, -0.15) is 4.98 Å². The maximum atomic E-state index is 11.4. The monoisotopic (exact) mass is 301 g/mol. The minimum Gasteiger partial charge on any atom is -0.476 e. The van der Waals surface area contributed by atoms with Crippen LogP contribution in [0.3, 0.4) is 0 Å². The number of carbonyl (C=O) groups excluding carboxylic acids is 1. The van der Waals surface area contributed by atoms with Gasteiger partial charge < -0.3 is 14.2 Å². The van der Waals surface area contributed by atoms with E-state index in [0.29, 0.717) is 6.61 Å². The third-order valence-electron chi connectivity index (χ3n) is 2.83. The van der Waals surface area contributed by atoms with E-state index in [1.807, 2.05) is 0 Å². The van der Waals surface area contributed by atoms with Crippen LogP contribution in [0.2, 0.25) is 5.28 Å². The molecule has 1 aromatic heterocycles. The summed E-state index contributed by atoms with van der Waals surface area (Å²) in [5, 5.41) is -0.0470. The Hall–Kier alpha value is -1.44. The van der Waals surface area contributed by atoms with Crippen LogP contribution in [-0.2, 0) is 9.47 Å². The van der Waals surface area contributed by atoms with Crippen molar-refractivity contribution in [2.24, 2.45) is 0 Å². The fraction of sp³-hybridized carbons (Fsp3) is 0.583. The molecule has 0 saturated carbocycles. The Morgan fingerprint density at radius 1 is 1.45 bits per heavy atom. The van der Waals surface area contributed by atoms with Crippen LogP contribution in [0, 0.1) is 0 Å². The highest BCUT2D eigenvalue weighted by Crippen LogP contribution is 2.13. The Balaban J connectivity index is 1.88. The Labute approximate surface area is 121 Å². The molecule has 1 aromatic rings. The molecule has 8 heteroatoms. The van der Waals surface area contributed by atoms with Gasteiger partial charge in [-0.25, -0.2) is 9.78 Å². The second kappa shape index (κ2) is 7.37. The van der Waals surface area contributed by atoms with Crippen molar-refractivity contribution in [3.8, 4) is 5.88 Å². The van der Waals surface area contributed by atoms with E-state index >= 15 is 0 Å². The Kier molecular flexibility index (Phi) is 5.51. The van der Waals surface area contributed by atoms with Gasteiger partial charge in [-0.05, 0) is 11.6 Å². The molecule has 2 rings (SSSR count). The Morgan fingerprint density at radius 3 is 2.90 bits per heavy atom. The van der Waals surface area contributed by atoms with Crippen molar-refractivity contribution < 1.29 is 19.0 Å². The third-order valence-corrected chi connectivity index (χ3v) is 3.00. The molecule has 0 spiro atoms. The molecule has 0 bridgehead atoms. The number of carbonyl (C=O) groups is 1. The van der Waals surface area contributed by atoms with Crippen LogP contribution in [0.5, 0.6) is 5.88 Å². The molecule has 0 atom stereocenters. The van der Waals surface area contributed by atoms with Gasteiger partial charge in [-0.1, -0.05) is 0 Å². The zero-order valence-corrected chi connectivity index (χ0v) is 11.9. The van der Waals surface area contributed by atoms with E-state index in [-0.39, 0.29) is 16.9 Å². The van der Waals surface area contributed by atoms with Gasteiger partial charge in [0.2, 0.25) is 11.2 Å². The van der Waals surface area contributed by atoms with E-state index in [0.717, 1.165) is 32.8 Å². The maximum Gasteiger partial charge on any atom is 0.356 e. The van der Waals surface area contributed by atoms with Crippen molar-refractivity contribution in [1.82, 2.24) is 14.9 Å². The van der Waals surface area contributed by atoms with E-state index < -0.39 is 5.97 Å². The molecule has 1 saturated heterocycles. The minimum atomic E-state index is -0.577. The van der Waals surface area contributed by atoms with E-state index in [4.69, 9.17) is 21.1 Å². The quantitative estimate of drug-likeness (QED) is 0.583. The lowest BCUT2D eigenvalue weighted by Crippen LogP contribution is -2.38. The van der Waals surface area contributed by atoms with Gasteiger partial charge in [0, 0.05) is 25.7 Å². The highest BCUT2D eigenvalue weighted by molar-refractivity contribution is 6.28. The second-order valence-corrected chi connectivity index (χ2v) is 4.49. The molecule has 1 fully saturated rings. The van der Waals surface area contributed by atoms with Crippen molar-refractivity contribution in [1.29, 1.82) is 0 Å². The molecule has 20 heavy (non-hydrogen) atoms. The van der Waals surface area contributed by atoms with Crippen molar-refractivity contribution in [3.05, 3.63) is 17.0 Å². The van der Waals surface area contributed by atoms with Crippen LogP contribution >= 0.6 is 11.6 Å². The first-order valence-corrected chi connectivity index (χ1v) is 6.62. The number of ether oxygens (including phenoxy) is 3.